The molecule has 1 heterocycles. The summed E-state index contributed by atoms with van der Waals surface area (Å²) in [4.78, 5) is 26.5. The summed E-state index contributed by atoms with van der Waals surface area (Å²) < 4.78 is 33.3. The Morgan fingerprint density at radius 2 is 1.66 bits per heavy atom. The number of carbonyl (C=O) groups is 2. The fraction of sp³-hybridized carbons (Fsp3) is 0.214. The molecule has 1 fully saturated rings. The third-order valence-corrected chi connectivity index (χ3v) is 8.17. The van der Waals surface area contributed by atoms with Crippen molar-refractivity contribution in [3.63, 3.8) is 0 Å². The SMILES string of the molecule is COC(=O)c1ccc(CN(C2CCN(C(=O)c3ccc(N)cc3)C2)S(=O)(=O)/C=C/c2ccc(Cl)cc2)cc1. The topological polar surface area (TPSA) is 110 Å². The maximum Gasteiger partial charge on any atom is 0.337 e. The van der Waals surface area contributed by atoms with E-state index < -0.39 is 22.0 Å². The van der Waals surface area contributed by atoms with Crippen LogP contribution in [0.4, 0.5) is 5.69 Å². The number of nitrogens with zero attached hydrogens (tertiary/aromatic N) is 2. The largest absolute Gasteiger partial charge is 0.465 e. The lowest BCUT2D eigenvalue weighted by molar-refractivity contribution is 0.0600. The first-order valence-corrected chi connectivity index (χ1v) is 13.8. The van der Waals surface area contributed by atoms with Crippen LogP contribution >= 0.6 is 11.6 Å². The molecule has 1 aliphatic heterocycles. The molecule has 38 heavy (non-hydrogen) atoms. The molecule has 1 saturated heterocycles. The number of anilines is 1. The number of hydrogen-bond donors (Lipinski definition) is 1. The lowest BCUT2D eigenvalue weighted by atomic mass is 10.1. The molecule has 0 aliphatic carbocycles. The summed E-state index contributed by atoms with van der Waals surface area (Å²) in [5.74, 6) is -0.650. The molecule has 0 aromatic heterocycles. The van der Waals surface area contributed by atoms with Gasteiger partial charge in [0.1, 0.15) is 0 Å². The molecule has 1 aliphatic rings. The second kappa shape index (κ2) is 11.8. The molecular weight excluding hydrogens is 526 g/mol. The molecule has 1 unspecified atom stereocenters. The van der Waals surface area contributed by atoms with Crippen LogP contribution in [0.25, 0.3) is 6.08 Å². The zero-order valence-corrected chi connectivity index (χ0v) is 22.4. The summed E-state index contributed by atoms with van der Waals surface area (Å²) in [5.41, 5.74) is 8.55. The highest BCUT2D eigenvalue weighted by molar-refractivity contribution is 7.92. The molecule has 1 atom stereocenters. The molecule has 1 amide bonds. The number of benzene rings is 3. The summed E-state index contributed by atoms with van der Waals surface area (Å²) >= 11 is 5.94. The maximum absolute atomic E-state index is 13.6. The number of amides is 1. The van der Waals surface area contributed by atoms with Gasteiger partial charge >= 0.3 is 5.97 Å². The van der Waals surface area contributed by atoms with Crippen LogP contribution in [0, 0.1) is 0 Å². The van der Waals surface area contributed by atoms with E-state index in [9.17, 15) is 18.0 Å². The highest BCUT2D eigenvalue weighted by Gasteiger charge is 2.36. The van der Waals surface area contributed by atoms with Gasteiger partial charge in [-0.15, -0.1) is 0 Å². The van der Waals surface area contributed by atoms with Crippen molar-refractivity contribution in [3.8, 4) is 0 Å². The number of hydrogen-bond acceptors (Lipinski definition) is 6. The van der Waals surface area contributed by atoms with E-state index in [1.807, 2.05) is 0 Å². The van der Waals surface area contributed by atoms with Gasteiger partial charge in [-0.05, 0) is 72.2 Å². The lowest BCUT2D eigenvalue weighted by Gasteiger charge is -2.27. The highest BCUT2D eigenvalue weighted by Crippen LogP contribution is 2.25. The predicted molar refractivity (Wildman–Crippen MR) is 148 cm³/mol. The molecule has 0 bridgehead atoms. The van der Waals surface area contributed by atoms with Crippen LogP contribution in [0.2, 0.25) is 5.02 Å². The van der Waals surface area contributed by atoms with Crippen molar-refractivity contribution >= 4 is 45.3 Å². The van der Waals surface area contributed by atoms with Crippen LogP contribution in [0.15, 0.2) is 78.2 Å². The van der Waals surface area contributed by atoms with Crippen molar-refractivity contribution in [2.75, 3.05) is 25.9 Å². The van der Waals surface area contributed by atoms with E-state index in [1.165, 1.54) is 22.9 Å². The molecule has 3 aromatic carbocycles. The number of halogens is 1. The maximum atomic E-state index is 13.6. The van der Waals surface area contributed by atoms with Crippen LogP contribution in [-0.4, -0.2) is 55.7 Å². The van der Waals surface area contributed by atoms with Crippen molar-refractivity contribution in [2.45, 2.75) is 19.0 Å². The first kappa shape index (κ1) is 27.4. The Balaban J connectivity index is 1.58. The van der Waals surface area contributed by atoms with Crippen molar-refractivity contribution in [1.82, 2.24) is 9.21 Å². The molecule has 198 valence electrons. The molecule has 4 rings (SSSR count). The third kappa shape index (κ3) is 6.61. The smallest absolute Gasteiger partial charge is 0.337 e. The Labute approximate surface area is 227 Å². The molecular formula is C28H28ClN3O5S. The van der Waals surface area contributed by atoms with Gasteiger partial charge in [-0.25, -0.2) is 13.2 Å². The summed E-state index contributed by atoms with van der Waals surface area (Å²) in [5, 5.41) is 1.72. The van der Waals surface area contributed by atoms with Gasteiger partial charge in [0.25, 0.3) is 5.91 Å². The van der Waals surface area contributed by atoms with Gasteiger partial charge in [0.2, 0.25) is 10.0 Å². The Kier molecular flexibility index (Phi) is 8.51. The zero-order valence-electron chi connectivity index (χ0n) is 20.8. The minimum atomic E-state index is -3.89. The van der Waals surface area contributed by atoms with Crippen molar-refractivity contribution < 1.29 is 22.7 Å². The highest BCUT2D eigenvalue weighted by atomic mass is 35.5. The number of sulfonamides is 1. The summed E-state index contributed by atoms with van der Waals surface area (Å²) in [6, 6.07) is 19.6. The molecule has 2 N–H and O–H groups in total. The normalized spacial score (nSPS) is 15.8. The van der Waals surface area contributed by atoms with Gasteiger partial charge in [-0.2, -0.15) is 4.31 Å². The summed E-state index contributed by atoms with van der Waals surface area (Å²) in [6.45, 7) is 0.739. The van der Waals surface area contributed by atoms with E-state index in [1.54, 1.807) is 77.7 Å². The molecule has 8 nitrogen and oxygen atoms in total. The summed E-state index contributed by atoms with van der Waals surface area (Å²) in [7, 11) is -2.59. The van der Waals surface area contributed by atoms with Crippen LogP contribution in [0.1, 0.15) is 38.3 Å². The van der Waals surface area contributed by atoms with Gasteiger partial charge in [0.05, 0.1) is 12.7 Å². The van der Waals surface area contributed by atoms with Gasteiger partial charge in [-0.1, -0.05) is 35.9 Å². The second-order valence-corrected chi connectivity index (χ2v) is 11.2. The number of esters is 1. The van der Waals surface area contributed by atoms with Crippen molar-refractivity contribution in [2.24, 2.45) is 0 Å². The van der Waals surface area contributed by atoms with E-state index >= 15 is 0 Å². The molecule has 0 spiro atoms. The van der Waals surface area contributed by atoms with Gasteiger partial charge < -0.3 is 15.4 Å². The molecule has 3 aromatic rings. The number of rotatable bonds is 8. The van der Waals surface area contributed by atoms with Crippen molar-refractivity contribution in [3.05, 3.63) is 105 Å². The number of nitrogens with two attached hydrogens (primary N) is 1. The van der Waals surface area contributed by atoms with E-state index in [0.29, 0.717) is 45.9 Å². The number of ether oxygens (including phenoxy) is 1. The quantitative estimate of drug-likeness (QED) is 0.326. The number of likely N-dealkylation sites (tertiary alicyclic amines) is 1. The Morgan fingerprint density at radius 1 is 1.03 bits per heavy atom. The van der Waals surface area contributed by atoms with Crippen LogP contribution in [0.3, 0.4) is 0 Å². The van der Waals surface area contributed by atoms with Crippen LogP contribution in [0.5, 0.6) is 0 Å². The molecule has 10 heteroatoms. The monoisotopic (exact) mass is 553 g/mol. The van der Waals surface area contributed by atoms with E-state index in [-0.39, 0.29) is 19.0 Å². The number of carbonyl (C=O) groups excluding carboxylic acids is 2. The minimum absolute atomic E-state index is 0.0727. The standard InChI is InChI=1S/C28H28ClN3O5S/c1-37-28(34)23-6-2-21(3-7-23)18-32(38(35,36)17-15-20-4-10-24(29)11-5-20)26-14-16-31(19-26)27(33)22-8-12-25(30)13-9-22/h2-13,15,17,26H,14,16,18-19,30H2,1H3/b17-15+. The summed E-state index contributed by atoms with van der Waals surface area (Å²) in [6.07, 6.45) is 2.00. The Hall–Kier alpha value is -3.66. The van der Waals surface area contributed by atoms with E-state index in [2.05, 4.69) is 0 Å². The first-order valence-electron chi connectivity index (χ1n) is 11.9. The third-order valence-electron chi connectivity index (χ3n) is 6.36. The first-order chi connectivity index (χ1) is 18.2. The van der Waals surface area contributed by atoms with Crippen molar-refractivity contribution in [1.29, 1.82) is 0 Å². The average molecular weight is 554 g/mol. The Bertz CT molecular complexity index is 1420. The molecule has 0 radical (unpaired) electrons. The number of nitrogen functional groups attached to an aromatic ring is 1. The molecule has 0 saturated carbocycles. The zero-order chi connectivity index (χ0) is 27.3. The number of methoxy groups -OCH3 is 1. The fourth-order valence-corrected chi connectivity index (χ4v) is 5.79. The lowest BCUT2D eigenvalue weighted by Crippen LogP contribution is -2.41. The van der Waals surface area contributed by atoms with Gasteiger partial charge in [0.15, 0.2) is 0 Å². The Morgan fingerprint density at radius 3 is 2.29 bits per heavy atom. The van der Waals surface area contributed by atoms with Crippen LogP contribution < -0.4 is 5.73 Å². The fourth-order valence-electron chi connectivity index (χ4n) is 4.26. The van der Waals surface area contributed by atoms with Gasteiger partial charge in [-0.3, -0.25) is 4.79 Å². The van der Waals surface area contributed by atoms with Gasteiger partial charge in [0, 0.05) is 47.4 Å². The predicted octanol–water partition coefficient (Wildman–Crippen LogP) is 4.43. The van der Waals surface area contributed by atoms with E-state index in [0.717, 1.165) is 0 Å². The average Bonchev–Trinajstić information content (AvgIpc) is 3.41. The van der Waals surface area contributed by atoms with E-state index in [4.69, 9.17) is 22.1 Å². The van der Waals surface area contributed by atoms with Crippen LogP contribution in [-0.2, 0) is 21.3 Å². The minimum Gasteiger partial charge on any atom is -0.465 e. The second-order valence-electron chi connectivity index (χ2n) is 8.95.